The van der Waals surface area contributed by atoms with E-state index < -0.39 is 0 Å². The van der Waals surface area contributed by atoms with Crippen molar-refractivity contribution in [2.75, 3.05) is 7.11 Å². The highest BCUT2D eigenvalue weighted by atomic mass is 16.5. The first kappa shape index (κ1) is 10.4. The zero-order valence-corrected chi connectivity index (χ0v) is 9.02. The number of aromatic nitrogens is 3. The van der Waals surface area contributed by atoms with Crippen LogP contribution in [0.3, 0.4) is 0 Å². The third-order valence-electron chi connectivity index (χ3n) is 2.17. The molecule has 1 aromatic heterocycles. The molecule has 0 bridgehead atoms. The van der Waals surface area contributed by atoms with Crippen LogP contribution in [0.25, 0.3) is 11.4 Å². The molecule has 1 N–H and O–H groups in total. The minimum Gasteiger partial charge on any atom is -0.496 e. The predicted octanol–water partition coefficient (Wildman–Crippen LogP) is 1.68. The number of hydrogen-bond acceptors (Lipinski definition) is 4. The number of carbonyl (C=O) groups is 1. The SMILES string of the molecule is COc1ccccc1-c1n[nH]c(C(C)=O)n1. The third kappa shape index (κ3) is 1.79. The second-order valence-corrected chi connectivity index (χ2v) is 3.26. The van der Waals surface area contributed by atoms with E-state index >= 15 is 0 Å². The lowest BCUT2D eigenvalue weighted by molar-refractivity contribution is 0.100. The number of benzene rings is 1. The van der Waals surface area contributed by atoms with E-state index in [0.29, 0.717) is 11.6 Å². The van der Waals surface area contributed by atoms with Crippen LogP contribution in [-0.2, 0) is 0 Å². The minimum absolute atomic E-state index is 0.145. The van der Waals surface area contributed by atoms with Gasteiger partial charge in [0.15, 0.2) is 17.4 Å². The van der Waals surface area contributed by atoms with Crippen molar-refractivity contribution in [2.45, 2.75) is 6.92 Å². The van der Waals surface area contributed by atoms with Crippen molar-refractivity contribution in [3.8, 4) is 17.1 Å². The molecule has 2 rings (SSSR count). The zero-order chi connectivity index (χ0) is 11.5. The molecule has 82 valence electrons. The molecule has 2 aromatic rings. The molecular formula is C11H11N3O2. The fourth-order valence-corrected chi connectivity index (χ4v) is 1.37. The molecular weight excluding hydrogens is 206 g/mol. The van der Waals surface area contributed by atoms with Crippen LogP contribution in [0, 0.1) is 0 Å². The Morgan fingerprint density at radius 3 is 2.75 bits per heavy atom. The van der Waals surface area contributed by atoms with Crippen molar-refractivity contribution in [1.29, 1.82) is 0 Å². The predicted molar refractivity (Wildman–Crippen MR) is 58.4 cm³/mol. The summed E-state index contributed by atoms with van der Waals surface area (Å²) in [7, 11) is 1.58. The van der Waals surface area contributed by atoms with Crippen molar-refractivity contribution in [2.24, 2.45) is 0 Å². The van der Waals surface area contributed by atoms with Crippen LogP contribution < -0.4 is 4.74 Å². The summed E-state index contributed by atoms with van der Waals surface area (Å²) in [5, 5.41) is 6.57. The van der Waals surface area contributed by atoms with Gasteiger partial charge in [-0.3, -0.25) is 9.89 Å². The number of para-hydroxylation sites is 1. The van der Waals surface area contributed by atoms with Gasteiger partial charge >= 0.3 is 0 Å². The summed E-state index contributed by atoms with van der Waals surface area (Å²) in [4.78, 5) is 15.2. The van der Waals surface area contributed by atoms with Crippen LogP contribution in [0.5, 0.6) is 5.75 Å². The summed E-state index contributed by atoms with van der Waals surface area (Å²) < 4.78 is 5.19. The summed E-state index contributed by atoms with van der Waals surface area (Å²) in [6.45, 7) is 1.44. The Hall–Kier alpha value is -2.17. The van der Waals surface area contributed by atoms with Crippen LogP contribution in [0.15, 0.2) is 24.3 Å². The smallest absolute Gasteiger partial charge is 0.196 e. The van der Waals surface area contributed by atoms with Gasteiger partial charge in [0.25, 0.3) is 0 Å². The molecule has 0 aliphatic heterocycles. The summed E-state index contributed by atoms with van der Waals surface area (Å²) >= 11 is 0. The van der Waals surface area contributed by atoms with Crippen molar-refractivity contribution in [3.63, 3.8) is 0 Å². The Morgan fingerprint density at radius 1 is 1.38 bits per heavy atom. The Labute approximate surface area is 92.5 Å². The van der Waals surface area contributed by atoms with Gasteiger partial charge in [-0.25, -0.2) is 4.98 Å². The van der Waals surface area contributed by atoms with E-state index in [9.17, 15) is 4.79 Å². The number of nitrogens with one attached hydrogen (secondary N) is 1. The number of carbonyl (C=O) groups excluding carboxylic acids is 1. The van der Waals surface area contributed by atoms with Gasteiger partial charge in [-0.15, -0.1) is 0 Å². The number of nitrogens with zero attached hydrogens (tertiary/aromatic N) is 2. The second kappa shape index (κ2) is 4.14. The van der Waals surface area contributed by atoms with E-state index in [1.54, 1.807) is 7.11 Å². The molecule has 0 aliphatic rings. The normalized spacial score (nSPS) is 10.1. The number of hydrogen-bond donors (Lipinski definition) is 1. The van der Waals surface area contributed by atoms with Crippen molar-refractivity contribution < 1.29 is 9.53 Å². The number of aromatic amines is 1. The molecule has 5 nitrogen and oxygen atoms in total. The Bertz CT molecular complexity index is 519. The van der Waals surface area contributed by atoms with Gasteiger partial charge < -0.3 is 4.74 Å². The molecule has 16 heavy (non-hydrogen) atoms. The molecule has 0 unspecified atom stereocenters. The zero-order valence-electron chi connectivity index (χ0n) is 9.02. The lowest BCUT2D eigenvalue weighted by Gasteiger charge is -2.03. The fourth-order valence-electron chi connectivity index (χ4n) is 1.37. The number of ether oxygens (including phenoxy) is 1. The quantitative estimate of drug-likeness (QED) is 0.794. The number of methoxy groups -OCH3 is 1. The molecule has 0 fully saturated rings. The standard InChI is InChI=1S/C11H11N3O2/c1-7(15)10-12-11(14-13-10)8-5-3-4-6-9(8)16-2/h3-6H,1-2H3,(H,12,13,14). The molecule has 0 saturated carbocycles. The summed E-state index contributed by atoms with van der Waals surface area (Å²) in [5.41, 5.74) is 0.758. The van der Waals surface area contributed by atoms with Gasteiger partial charge in [-0.05, 0) is 12.1 Å². The van der Waals surface area contributed by atoms with E-state index in [0.717, 1.165) is 5.56 Å². The maximum Gasteiger partial charge on any atom is 0.196 e. The van der Waals surface area contributed by atoms with E-state index in [-0.39, 0.29) is 11.6 Å². The molecule has 0 aliphatic carbocycles. The number of H-pyrrole nitrogens is 1. The average Bonchev–Trinajstić information content (AvgIpc) is 2.78. The number of Topliss-reactive ketones (excluding diaryl/α,β-unsaturated/α-hetero) is 1. The lowest BCUT2D eigenvalue weighted by atomic mass is 10.2. The highest BCUT2D eigenvalue weighted by molar-refractivity contribution is 5.90. The molecule has 0 amide bonds. The van der Waals surface area contributed by atoms with Gasteiger partial charge in [0.1, 0.15) is 5.75 Å². The molecule has 0 atom stereocenters. The van der Waals surface area contributed by atoms with E-state index in [1.807, 2.05) is 24.3 Å². The Kier molecular flexibility index (Phi) is 2.68. The highest BCUT2D eigenvalue weighted by Gasteiger charge is 2.12. The van der Waals surface area contributed by atoms with E-state index in [4.69, 9.17) is 4.74 Å². The van der Waals surface area contributed by atoms with Crippen molar-refractivity contribution >= 4 is 5.78 Å². The van der Waals surface area contributed by atoms with Crippen LogP contribution >= 0.6 is 0 Å². The van der Waals surface area contributed by atoms with Gasteiger partial charge in [0.2, 0.25) is 0 Å². The van der Waals surface area contributed by atoms with Crippen LogP contribution in [0.1, 0.15) is 17.5 Å². The number of rotatable bonds is 3. The summed E-state index contributed by atoms with van der Waals surface area (Å²) in [6, 6.07) is 7.38. The fraction of sp³-hybridized carbons (Fsp3) is 0.182. The van der Waals surface area contributed by atoms with Gasteiger partial charge in [-0.1, -0.05) is 12.1 Å². The molecule has 0 saturated heterocycles. The first-order chi connectivity index (χ1) is 7.72. The first-order valence-corrected chi connectivity index (χ1v) is 4.79. The summed E-state index contributed by atoms with van der Waals surface area (Å²) in [5.74, 6) is 1.24. The Balaban J connectivity index is 2.46. The minimum atomic E-state index is -0.145. The topological polar surface area (TPSA) is 67.9 Å². The van der Waals surface area contributed by atoms with Crippen LogP contribution in [0.2, 0.25) is 0 Å². The maximum absolute atomic E-state index is 11.1. The van der Waals surface area contributed by atoms with E-state index in [2.05, 4.69) is 15.2 Å². The molecule has 1 heterocycles. The molecule has 1 aromatic carbocycles. The lowest BCUT2D eigenvalue weighted by Crippen LogP contribution is -1.94. The van der Waals surface area contributed by atoms with E-state index in [1.165, 1.54) is 6.92 Å². The van der Waals surface area contributed by atoms with Crippen molar-refractivity contribution in [1.82, 2.24) is 15.2 Å². The first-order valence-electron chi connectivity index (χ1n) is 4.79. The third-order valence-corrected chi connectivity index (χ3v) is 2.17. The number of ketones is 1. The monoisotopic (exact) mass is 217 g/mol. The van der Waals surface area contributed by atoms with Gasteiger partial charge in [0.05, 0.1) is 12.7 Å². The van der Waals surface area contributed by atoms with Crippen molar-refractivity contribution in [3.05, 3.63) is 30.1 Å². The molecule has 5 heteroatoms. The largest absolute Gasteiger partial charge is 0.496 e. The molecule has 0 radical (unpaired) electrons. The van der Waals surface area contributed by atoms with Gasteiger partial charge in [0, 0.05) is 6.92 Å². The average molecular weight is 217 g/mol. The second-order valence-electron chi connectivity index (χ2n) is 3.26. The van der Waals surface area contributed by atoms with Crippen LogP contribution in [0.4, 0.5) is 0 Å². The van der Waals surface area contributed by atoms with Crippen LogP contribution in [-0.4, -0.2) is 28.1 Å². The maximum atomic E-state index is 11.1. The highest BCUT2D eigenvalue weighted by Crippen LogP contribution is 2.26. The van der Waals surface area contributed by atoms with Gasteiger partial charge in [-0.2, -0.15) is 5.10 Å². The molecule has 0 spiro atoms. The summed E-state index contributed by atoms with van der Waals surface area (Å²) in [6.07, 6.45) is 0. The Morgan fingerprint density at radius 2 is 2.12 bits per heavy atom.